The summed E-state index contributed by atoms with van der Waals surface area (Å²) in [6, 6.07) is 11.8. The predicted octanol–water partition coefficient (Wildman–Crippen LogP) is 5.77. The van der Waals surface area contributed by atoms with Crippen LogP contribution in [0.5, 0.6) is 0 Å². The van der Waals surface area contributed by atoms with Gasteiger partial charge in [0.05, 0.1) is 11.1 Å². The highest BCUT2D eigenvalue weighted by molar-refractivity contribution is 7.98. The number of aromatic nitrogens is 2. The first-order valence-electron chi connectivity index (χ1n) is 7.81. The Hall–Kier alpha value is -2.02. The number of rotatable bonds is 6. The van der Waals surface area contributed by atoms with Crippen molar-refractivity contribution in [2.45, 2.75) is 18.2 Å². The Labute approximate surface area is 164 Å². The molecule has 2 aromatic heterocycles. The average Bonchev–Trinajstić information content (AvgIpc) is 3.07. The van der Waals surface area contributed by atoms with Crippen LogP contribution in [0.15, 0.2) is 71.3 Å². The molecule has 0 spiro atoms. The molecule has 3 nitrogen and oxygen atoms in total. The van der Waals surface area contributed by atoms with E-state index in [-0.39, 0.29) is 5.49 Å². The fraction of sp³-hybridized carbons (Fsp3) is 0.105. The van der Waals surface area contributed by atoms with Crippen molar-refractivity contribution in [1.82, 2.24) is 8.77 Å². The summed E-state index contributed by atoms with van der Waals surface area (Å²) in [5.74, 6) is -0.449. The second kappa shape index (κ2) is 8.12. The molecule has 26 heavy (non-hydrogen) atoms. The molecule has 3 aromatic rings. The topological polar surface area (TPSA) is 22.2 Å². The van der Waals surface area contributed by atoms with Crippen molar-refractivity contribution in [2.75, 3.05) is 0 Å². The number of aryl methyl sites for hydroxylation is 1. The molecule has 1 aromatic carbocycles. The first-order chi connectivity index (χ1) is 12.5. The summed E-state index contributed by atoms with van der Waals surface area (Å²) in [5, 5.41) is 0. The van der Waals surface area contributed by atoms with Gasteiger partial charge in [-0.15, -0.1) is 11.3 Å². The van der Waals surface area contributed by atoms with Crippen LogP contribution < -0.4 is 5.49 Å². The number of allylic oxidation sites excluding steroid dienone is 1. The third kappa shape index (κ3) is 4.20. The first kappa shape index (κ1) is 18.8. The van der Waals surface area contributed by atoms with Crippen LogP contribution in [-0.4, -0.2) is 8.77 Å². The normalized spacial score (nSPS) is 11.7. The van der Waals surface area contributed by atoms with Gasteiger partial charge in [0, 0.05) is 35.1 Å². The zero-order valence-corrected chi connectivity index (χ0v) is 16.5. The van der Waals surface area contributed by atoms with Gasteiger partial charge in [-0.25, -0.2) is 18.2 Å². The van der Waals surface area contributed by atoms with Crippen LogP contribution in [-0.2, 0) is 6.42 Å². The predicted molar refractivity (Wildman–Crippen MR) is 109 cm³/mol. The minimum atomic E-state index is -0.449. The van der Waals surface area contributed by atoms with Crippen LogP contribution in [0.1, 0.15) is 10.4 Å². The quantitative estimate of drug-likeness (QED) is 0.510. The molecule has 0 saturated heterocycles. The van der Waals surface area contributed by atoms with Crippen molar-refractivity contribution in [3.8, 4) is 0 Å². The van der Waals surface area contributed by atoms with Gasteiger partial charge in [0.15, 0.2) is 11.3 Å². The van der Waals surface area contributed by atoms with Crippen molar-refractivity contribution in [1.29, 1.82) is 0 Å². The Balaban J connectivity index is 1.92. The maximum absolute atomic E-state index is 14.5. The van der Waals surface area contributed by atoms with Gasteiger partial charge >= 0.3 is 0 Å². The average molecular weight is 406 g/mol. The summed E-state index contributed by atoms with van der Waals surface area (Å²) >= 11 is 9.03. The lowest BCUT2D eigenvalue weighted by atomic mass is 10.1. The van der Waals surface area contributed by atoms with E-state index in [0.717, 1.165) is 15.3 Å². The first-order valence-corrected chi connectivity index (χ1v) is 9.77. The van der Waals surface area contributed by atoms with Gasteiger partial charge in [0.2, 0.25) is 0 Å². The molecule has 0 radical (unpaired) electrons. The van der Waals surface area contributed by atoms with Gasteiger partial charge in [0.1, 0.15) is 4.34 Å². The number of thiophene rings is 1. The maximum atomic E-state index is 14.5. The van der Waals surface area contributed by atoms with E-state index < -0.39 is 5.82 Å². The molecule has 3 rings (SSSR count). The van der Waals surface area contributed by atoms with Crippen LogP contribution in [0.2, 0.25) is 4.34 Å². The second-order valence-corrected chi connectivity index (χ2v) is 8.41. The van der Waals surface area contributed by atoms with Crippen molar-refractivity contribution in [3.63, 3.8) is 0 Å². The van der Waals surface area contributed by atoms with Gasteiger partial charge in [-0.2, -0.15) is 0 Å². The van der Waals surface area contributed by atoms with Crippen LogP contribution in [0.25, 0.3) is 6.20 Å². The summed E-state index contributed by atoms with van der Waals surface area (Å²) in [4.78, 5) is 6.32. The van der Waals surface area contributed by atoms with Crippen molar-refractivity contribution >= 4 is 41.1 Å². The van der Waals surface area contributed by atoms with E-state index in [2.05, 4.69) is 18.2 Å². The highest BCUT2D eigenvalue weighted by Gasteiger charge is 2.12. The molecule has 0 unspecified atom stereocenters. The third-order valence-corrected chi connectivity index (χ3v) is 6.03. The van der Waals surface area contributed by atoms with Crippen molar-refractivity contribution < 1.29 is 4.39 Å². The second-order valence-electron chi connectivity index (χ2n) is 5.56. The molecule has 0 bridgehead atoms. The van der Waals surface area contributed by atoms with E-state index in [9.17, 15) is 4.39 Å². The number of hydrogen-bond donors (Lipinski definition) is 0. The zero-order valence-electron chi connectivity index (χ0n) is 14.2. The lowest BCUT2D eigenvalue weighted by Crippen LogP contribution is -2.19. The van der Waals surface area contributed by atoms with Gasteiger partial charge in [-0.3, -0.25) is 0 Å². The van der Waals surface area contributed by atoms with Gasteiger partial charge in [-0.1, -0.05) is 55.1 Å². The SMILES string of the molecule is C=Cn1/c(=N/C(=C)Cc2ccccc2)c(F)cn1Sc1cc(C)sc1Cl. The van der Waals surface area contributed by atoms with E-state index >= 15 is 0 Å². The molecule has 7 heteroatoms. The van der Waals surface area contributed by atoms with E-state index in [1.807, 2.05) is 43.3 Å². The standard InChI is InChI=1S/C19H17ClFN3S2/c1-4-23-19(22-13(2)10-15-8-6-5-7-9-15)16(21)12-24(23)26-17-11-14(3)25-18(17)20/h4-9,11-12H,1-2,10H2,3H3/b22-19+. The number of nitrogens with zero attached hydrogens (tertiary/aromatic N) is 3. The fourth-order valence-corrected chi connectivity index (χ4v) is 4.74. The van der Waals surface area contributed by atoms with E-state index in [0.29, 0.717) is 16.5 Å². The van der Waals surface area contributed by atoms with Crippen LogP contribution in [0.3, 0.4) is 0 Å². The summed E-state index contributed by atoms with van der Waals surface area (Å²) in [6.45, 7) is 9.70. The smallest absolute Gasteiger partial charge is 0.190 e. The molecule has 0 fully saturated rings. The molecule has 0 aliphatic heterocycles. The Bertz CT molecular complexity index is 1020. The lowest BCUT2D eigenvalue weighted by Gasteiger charge is -2.06. The molecular weight excluding hydrogens is 389 g/mol. The van der Waals surface area contributed by atoms with E-state index in [4.69, 9.17) is 11.6 Å². The zero-order chi connectivity index (χ0) is 18.7. The van der Waals surface area contributed by atoms with Crippen molar-refractivity contribution in [2.24, 2.45) is 4.99 Å². The highest BCUT2D eigenvalue weighted by atomic mass is 35.5. The molecule has 0 N–H and O–H groups in total. The largest absolute Gasteiger partial charge is 0.231 e. The Kier molecular flexibility index (Phi) is 5.86. The molecule has 0 saturated carbocycles. The molecule has 0 amide bonds. The Morgan fingerprint density at radius 1 is 1.38 bits per heavy atom. The molecule has 0 aliphatic carbocycles. The number of halogens is 2. The van der Waals surface area contributed by atoms with Gasteiger partial charge in [-0.05, 0) is 18.6 Å². The Morgan fingerprint density at radius 3 is 2.73 bits per heavy atom. The monoisotopic (exact) mass is 405 g/mol. The summed E-state index contributed by atoms with van der Waals surface area (Å²) in [6.07, 6.45) is 3.42. The number of hydrogen-bond acceptors (Lipinski definition) is 3. The molecule has 0 atom stereocenters. The third-order valence-electron chi connectivity index (χ3n) is 3.53. The van der Waals surface area contributed by atoms with Crippen molar-refractivity contribution in [3.05, 3.63) is 87.5 Å². The van der Waals surface area contributed by atoms with Gasteiger partial charge in [0.25, 0.3) is 0 Å². The Morgan fingerprint density at radius 2 is 2.12 bits per heavy atom. The fourth-order valence-electron chi connectivity index (χ4n) is 2.41. The van der Waals surface area contributed by atoms with Crippen LogP contribution in [0.4, 0.5) is 4.39 Å². The van der Waals surface area contributed by atoms with Crippen LogP contribution in [0, 0.1) is 12.7 Å². The summed E-state index contributed by atoms with van der Waals surface area (Å²) in [5.41, 5.74) is 1.80. The van der Waals surface area contributed by atoms with Gasteiger partial charge < -0.3 is 0 Å². The molecule has 0 aliphatic rings. The van der Waals surface area contributed by atoms with E-state index in [1.54, 1.807) is 8.77 Å². The minimum Gasteiger partial charge on any atom is -0.231 e. The minimum absolute atomic E-state index is 0.163. The lowest BCUT2D eigenvalue weighted by molar-refractivity contribution is 0.608. The summed E-state index contributed by atoms with van der Waals surface area (Å²) < 4.78 is 18.3. The molecule has 134 valence electrons. The van der Waals surface area contributed by atoms with Crippen LogP contribution >= 0.6 is 34.9 Å². The number of benzene rings is 1. The maximum Gasteiger partial charge on any atom is 0.190 e. The van der Waals surface area contributed by atoms with E-state index in [1.165, 1.54) is 35.7 Å². The molecule has 2 heterocycles. The highest BCUT2D eigenvalue weighted by Crippen LogP contribution is 2.35. The summed E-state index contributed by atoms with van der Waals surface area (Å²) in [7, 11) is 0. The molecular formula is C19H17ClFN3S2.